The van der Waals surface area contributed by atoms with Crippen LogP contribution in [0.4, 0.5) is 15.9 Å². The van der Waals surface area contributed by atoms with Gasteiger partial charge in [-0.05, 0) is 37.6 Å². The Kier molecular flexibility index (Phi) is 4.37. The summed E-state index contributed by atoms with van der Waals surface area (Å²) in [6.45, 7) is 5.43. The lowest BCUT2D eigenvalue weighted by Crippen LogP contribution is -2.15. The van der Waals surface area contributed by atoms with Gasteiger partial charge in [-0.2, -0.15) is 4.39 Å². The highest BCUT2D eigenvalue weighted by atomic mass is 19.1. The molecule has 2 heterocycles. The zero-order valence-corrected chi connectivity index (χ0v) is 13.2. The number of rotatable bonds is 5. The number of hydrogen-bond donors (Lipinski definition) is 2. The molecule has 2 N–H and O–H groups in total. The fourth-order valence-corrected chi connectivity index (χ4v) is 2.54. The third-order valence-electron chi connectivity index (χ3n) is 3.83. The van der Waals surface area contributed by atoms with Crippen molar-refractivity contribution in [1.29, 1.82) is 0 Å². The first kappa shape index (κ1) is 15.2. The number of aryl methyl sites for hydroxylation is 1. The Bertz CT molecular complexity index is 832. The molecule has 2 aromatic heterocycles. The Morgan fingerprint density at radius 2 is 1.70 bits per heavy atom. The van der Waals surface area contributed by atoms with Crippen LogP contribution < -0.4 is 10.6 Å². The maximum absolute atomic E-state index is 13.0. The number of pyridine rings is 2. The predicted octanol–water partition coefficient (Wildman–Crippen LogP) is 3.91. The van der Waals surface area contributed by atoms with Crippen molar-refractivity contribution in [3.8, 4) is 0 Å². The third-order valence-corrected chi connectivity index (χ3v) is 3.83. The highest BCUT2D eigenvalue weighted by Gasteiger charge is 2.08. The van der Waals surface area contributed by atoms with E-state index in [4.69, 9.17) is 0 Å². The molecule has 0 aliphatic carbocycles. The summed E-state index contributed by atoms with van der Waals surface area (Å²) < 4.78 is 13.0. The molecular weight excluding hydrogens is 291 g/mol. The van der Waals surface area contributed by atoms with Gasteiger partial charge >= 0.3 is 0 Å². The minimum Gasteiger partial charge on any atom is -0.382 e. The Labute approximate surface area is 134 Å². The number of hydrogen-bond acceptors (Lipinski definition) is 4. The van der Waals surface area contributed by atoms with Crippen LogP contribution in [0.2, 0.25) is 0 Å². The molecule has 0 aliphatic heterocycles. The van der Waals surface area contributed by atoms with Crippen molar-refractivity contribution >= 4 is 22.4 Å². The SMILES string of the molecule is Cc1nc2ccccc2c(NCCNc2cccc(F)n2)c1C. The molecule has 118 valence electrons. The second-order valence-electron chi connectivity index (χ2n) is 5.41. The van der Waals surface area contributed by atoms with Crippen LogP contribution in [0.1, 0.15) is 11.3 Å². The molecule has 0 saturated heterocycles. The minimum atomic E-state index is -0.477. The molecule has 4 nitrogen and oxygen atoms in total. The lowest BCUT2D eigenvalue weighted by Gasteiger charge is -2.15. The molecular formula is C18H19FN4. The molecule has 0 unspecified atom stereocenters. The summed E-state index contributed by atoms with van der Waals surface area (Å²) in [6.07, 6.45) is 0. The number of halogens is 1. The van der Waals surface area contributed by atoms with Gasteiger partial charge in [0.1, 0.15) is 5.82 Å². The summed E-state index contributed by atoms with van der Waals surface area (Å²) in [7, 11) is 0. The first-order chi connectivity index (χ1) is 11.1. The predicted molar refractivity (Wildman–Crippen MR) is 92.4 cm³/mol. The average Bonchev–Trinajstić information content (AvgIpc) is 2.54. The van der Waals surface area contributed by atoms with Crippen LogP contribution in [0, 0.1) is 19.8 Å². The highest BCUT2D eigenvalue weighted by Crippen LogP contribution is 2.27. The molecule has 1 aromatic carbocycles. The quantitative estimate of drug-likeness (QED) is 0.554. The number of nitrogens with one attached hydrogen (secondary N) is 2. The number of para-hydroxylation sites is 1. The van der Waals surface area contributed by atoms with Gasteiger partial charge in [0.25, 0.3) is 0 Å². The lowest BCUT2D eigenvalue weighted by molar-refractivity contribution is 0.585. The summed E-state index contributed by atoms with van der Waals surface area (Å²) in [4.78, 5) is 8.40. The molecule has 0 atom stereocenters. The molecule has 0 radical (unpaired) electrons. The molecule has 0 saturated carbocycles. The Morgan fingerprint density at radius 3 is 2.52 bits per heavy atom. The molecule has 0 spiro atoms. The minimum absolute atomic E-state index is 0.477. The number of aromatic nitrogens is 2. The highest BCUT2D eigenvalue weighted by molar-refractivity contribution is 5.93. The second-order valence-corrected chi connectivity index (χ2v) is 5.41. The Balaban J connectivity index is 1.71. The lowest BCUT2D eigenvalue weighted by atomic mass is 10.1. The first-order valence-corrected chi connectivity index (χ1v) is 7.61. The van der Waals surface area contributed by atoms with E-state index < -0.39 is 5.95 Å². The standard InChI is InChI=1S/C18H19FN4/c1-12-13(2)22-15-7-4-3-6-14(15)18(12)21-11-10-20-17-9-5-8-16(19)23-17/h3-9H,10-11H2,1-2H3,(H,20,23)(H,21,22). The molecule has 23 heavy (non-hydrogen) atoms. The van der Waals surface area contributed by atoms with Gasteiger partial charge < -0.3 is 10.6 Å². The van der Waals surface area contributed by atoms with E-state index in [2.05, 4.69) is 33.6 Å². The monoisotopic (exact) mass is 310 g/mol. The summed E-state index contributed by atoms with van der Waals surface area (Å²) >= 11 is 0. The number of fused-ring (bicyclic) bond motifs is 1. The van der Waals surface area contributed by atoms with E-state index in [-0.39, 0.29) is 0 Å². The average molecular weight is 310 g/mol. The van der Waals surface area contributed by atoms with Crippen LogP contribution in [-0.2, 0) is 0 Å². The maximum Gasteiger partial charge on any atom is 0.214 e. The number of benzene rings is 1. The van der Waals surface area contributed by atoms with Crippen molar-refractivity contribution in [2.45, 2.75) is 13.8 Å². The van der Waals surface area contributed by atoms with Crippen LogP contribution in [-0.4, -0.2) is 23.1 Å². The van der Waals surface area contributed by atoms with E-state index in [9.17, 15) is 4.39 Å². The van der Waals surface area contributed by atoms with Crippen LogP contribution in [0.25, 0.3) is 10.9 Å². The molecule has 0 aliphatic rings. The topological polar surface area (TPSA) is 49.8 Å². The van der Waals surface area contributed by atoms with E-state index in [0.29, 0.717) is 18.9 Å². The number of nitrogens with zero attached hydrogens (tertiary/aromatic N) is 2. The fourth-order valence-electron chi connectivity index (χ4n) is 2.54. The summed E-state index contributed by atoms with van der Waals surface area (Å²) in [6, 6.07) is 12.8. The fraction of sp³-hybridized carbons (Fsp3) is 0.222. The van der Waals surface area contributed by atoms with E-state index in [1.807, 2.05) is 25.1 Å². The van der Waals surface area contributed by atoms with Crippen LogP contribution >= 0.6 is 0 Å². The second kappa shape index (κ2) is 6.60. The summed E-state index contributed by atoms with van der Waals surface area (Å²) in [5.41, 5.74) is 4.25. The van der Waals surface area contributed by atoms with Crippen LogP contribution in [0.5, 0.6) is 0 Å². The smallest absolute Gasteiger partial charge is 0.214 e. The van der Waals surface area contributed by atoms with Gasteiger partial charge in [-0.3, -0.25) is 4.98 Å². The van der Waals surface area contributed by atoms with Gasteiger partial charge in [-0.25, -0.2) is 4.98 Å². The van der Waals surface area contributed by atoms with E-state index in [1.54, 1.807) is 12.1 Å². The Hall–Kier alpha value is -2.69. The van der Waals surface area contributed by atoms with Gasteiger partial charge in [-0.1, -0.05) is 24.3 Å². The van der Waals surface area contributed by atoms with E-state index in [0.717, 1.165) is 27.8 Å². The van der Waals surface area contributed by atoms with Gasteiger partial charge in [0, 0.05) is 29.9 Å². The normalized spacial score (nSPS) is 10.7. The molecule has 0 amide bonds. The van der Waals surface area contributed by atoms with Crippen molar-refractivity contribution in [1.82, 2.24) is 9.97 Å². The third kappa shape index (κ3) is 3.39. The van der Waals surface area contributed by atoms with E-state index >= 15 is 0 Å². The van der Waals surface area contributed by atoms with Crippen molar-refractivity contribution in [3.05, 3.63) is 59.7 Å². The van der Waals surface area contributed by atoms with Gasteiger partial charge in [-0.15, -0.1) is 0 Å². The molecule has 0 fully saturated rings. The van der Waals surface area contributed by atoms with Crippen molar-refractivity contribution < 1.29 is 4.39 Å². The van der Waals surface area contributed by atoms with Crippen LogP contribution in [0.15, 0.2) is 42.5 Å². The van der Waals surface area contributed by atoms with Gasteiger partial charge in [0.15, 0.2) is 0 Å². The molecule has 5 heteroatoms. The molecule has 3 aromatic rings. The van der Waals surface area contributed by atoms with Crippen LogP contribution in [0.3, 0.4) is 0 Å². The van der Waals surface area contributed by atoms with E-state index in [1.165, 1.54) is 6.07 Å². The maximum atomic E-state index is 13.0. The summed E-state index contributed by atoms with van der Waals surface area (Å²) in [5.74, 6) is 0.0637. The largest absolute Gasteiger partial charge is 0.382 e. The van der Waals surface area contributed by atoms with Crippen molar-refractivity contribution in [2.75, 3.05) is 23.7 Å². The Morgan fingerprint density at radius 1 is 0.913 bits per heavy atom. The van der Waals surface area contributed by atoms with Crippen molar-refractivity contribution in [2.24, 2.45) is 0 Å². The zero-order chi connectivity index (χ0) is 16.2. The molecule has 0 bridgehead atoms. The van der Waals surface area contributed by atoms with Gasteiger partial charge in [0.05, 0.1) is 5.52 Å². The molecule has 3 rings (SSSR count). The van der Waals surface area contributed by atoms with Gasteiger partial charge in [0.2, 0.25) is 5.95 Å². The first-order valence-electron chi connectivity index (χ1n) is 7.61. The summed E-state index contributed by atoms with van der Waals surface area (Å²) in [5, 5.41) is 7.68. The zero-order valence-electron chi connectivity index (χ0n) is 13.2. The number of anilines is 2. The van der Waals surface area contributed by atoms with Crippen molar-refractivity contribution in [3.63, 3.8) is 0 Å².